The van der Waals surface area contributed by atoms with Crippen molar-refractivity contribution < 1.29 is 0 Å². The maximum absolute atomic E-state index is 2.38. The van der Waals surface area contributed by atoms with Crippen LogP contribution in [0.15, 0.2) is 30.3 Å². The Hall–Kier alpha value is -0.820. The van der Waals surface area contributed by atoms with Gasteiger partial charge in [-0.3, -0.25) is 0 Å². The number of nitrogens with zero attached hydrogens (tertiary/aromatic N) is 1. The summed E-state index contributed by atoms with van der Waals surface area (Å²) in [5, 5.41) is 0. The van der Waals surface area contributed by atoms with E-state index in [1.54, 1.807) is 0 Å². The topological polar surface area (TPSA) is 3.24 Å². The van der Waals surface area contributed by atoms with E-state index in [1.165, 1.54) is 5.56 Å². The molecule has 1 aromatic rings. The van der Waals surface area contributed by atoms with Gasteiger partial charge in [0.25, 0.3) is 0 Å². The Labute approximate surface area is 113 Å². The van der Waals surface area contributed by atoms with Crippen LogP contribution in [0, 0.1) is 11.3 Å². The molecular weight excluding hydrogens is 218 g/mol. The highest BCUT2D eigenvalue weighted by Gasteiger charge is 2.38. The highest BCUT2D eigenvalue weighted by atomic mass is 15.1. The molecule has 1 heteroatoms. The second kappa shape index (κ2) is 5.44. The molecule has 0 aliphatic heterocycles. The van der Waals surface area contributed by atoms with E-state index >= 15 is 0 Å². The second-order valence-electron chi connectivity index (χ2n) is 6.92. The third-order valence-electron chi connectivity index (χ3n) is 4.89. The molecule has 0 bridgehead atoms. The van der Waals surface area contributed by atoms with Crippen LogP contribution >= 0.6 is 0 Å². The summed E-state index contributed by atoms with van der Waals surface area (Å²) in [6.45, 7) is 11.8. The van der Waals surface area contributed by atoms with Crippen LogP contribution in [-0.4, -0.2) is 24.5 Å². The lowest BCUT2D eigenvalue weighted by Gasteiger charge is -2.46. The fraction of sp³-hybridized carbons (Fsp3) is 0.647. The molecule has 1 atom stereocenters. The molecule has 0 aliphatic rings. The van der Waals surface area contributed by atoms with E-state index < -0.39 is 0 Å². The van der Waals surface area contributed by atoms with E-state index in [-0.39, 0.29) is 11.0 Å². The molecule has 0 heterocycles. The normalized spacial score (nSPS) is 14.9. The molecule has 0 N–H and O–H groups in total. The molecule has 18 heavy (non-hydrogen) atoms. The first kappa shape index (κ1) is 15.2. The van der Waals surface area contributed by atoms with E-state index in [0.717, 1.165) is 6.42 Å². The number of hydrogen-bond donors (Lipinski definition) is 0. The van der Waals surface area contributed by atoms with Gasteiger partial charge in [0.2, 0.25) is 0 Å². The minimum absolute atomic E-state index is 0.207. The average Bonchev–Trinajstić information content (AvgIpc) is 2.28. The summed E-state index contributed by atoms with van der Waals surface area (Å²) in [4.78, 5) is 2.34. The summed E-state index contributed by atoms with van der Waals surface area (Å²) in [6.07, 6.45) is 1.13. The Balaban J connectivity index is 2.86. The summed E-state index contributed by atoms with van der Waals surface area (Å²) in [7, 11) is 4.35. The van der Waals surface area contributed by atoms with Crippen molar-refractivity contribution in [1.29, 1.82) is 0 Å². The minimum Gasteiger partial charge on any atom is -0.304 e. The lowest BCUT2D eigenvalue weighted by atomic mass is 9.67. The van der Waals surface area contributed by atoms with Gasteiger partial charge in [-0.25, -0.2) is 0 Å². The first-order chi connectivity index (χ1) is 8.18. The highest BCUT2D eigenvalue weighted by molar-refractivity contribution is 5.16. The first-order valence-electron chi connectivity index (χ1n) is 6.89. The quantitative estimate of drug-likeness (QED) is 0.752. The van der Waals surface area contributed by atoms with Crippen molar-refractivity contribution in [3.63, 3.8) is 0 Å². The van der Waals surface area contributed by atoms with Crippen molar-refractivity contribution in [3.8, 4) is 0 Å². The zero-order valence-corrected chi connectivity index (χ0v) is 13.1. The van der Waals surface area contributed by atoms with E-state index in [0.29, 0.717) is 5.92 Å². The number of rotatable bonds is 5. The molecule has 102 valence electrons. The van der Waals surface area contributed by atoms with Crippen molar-refractivity contribution in [2.75, 3.05) is 14.1 Å². The van der Waals surface area contributed by atoms with Crippen LogP contribution in [0.2, 0.25) is 0 Å². The van der Waals surface area contributed by atoms with Gasteiger partial charge in [0.05, 0.1) is 0 Å². The van der Waals surface area contributed by atoms with Crippen molar-refractivity contribution in [1.82, 2.24) is 4.90 Å². The summed E-state index contributed by atoms with van der Waals surface area (Å²) < 4.78 is 0. The monoisotopic (exact) mass is 247 g/mol. The summed E-state index contributed by atoms with van der Waals surface area (Å²) in [5.41, 5.74) is 1.93. The molecule has 0 aromatic heterocycles. The van der Waals surface area contributed by atoms with Gasteiger partial charge in [0.1, 0.15) is 0 Å². The Kier molecular flexibility index (Phi) is 4.61. The molecule has 1 unspecified atom stereocenters. The lowest BCUT2D eigenvalue weighted by molar-refractivity contribution is 0.0450. The second-order valence-corrected chi connectivity index (χ2v) is 6.92. The Bertz CT molecular complexity index is 362. The lowest BCUT2D eigenvalue weighted by Crippen LogP contribution is -2.49. The van der Waals surface area contributed by atoms with E-state index in [4.69, 9.17) is 0 Å². The van der Waals surface area contributed by atoms with Crippen molar-refractivity contribution in [2.45, 2.75) is 46.6 Å². The molecule has 0 amide bonds. The number of hydrogen-bond acceptors (Lipinski definition) is 1. The molecule has 0 fully saturated rings. The van der Waals surface area contributed by atoms with Gasteiger partial charge >= 0.3 is 0 Å². The molecule has 1 rings (SSSR count). The molecule has 0 saturated carbocycles. The third-order valence-corrected chi connectivity index (χ3v) is 4.89. The summed E-state index contributed by atoms with van der Waals surface area (Å²) in [6, 6.07) is 10.8. The predicted molar refractivity (Wildman–Crippen MR) is 80.9 cm³/mol. The third kappa shape index (κ3) is 3.35. The fourth-order valence-corrected chi connectivity index (χ4v) is 2.62. The predicted octanol–water partition coefficient (Wildman–Crippen LogP) is 4.23. The zero-order chi connectivity index (χ0) is 14.0. The van der Waals surface area contributed by atoms with Gasteiger partial charge in [-0.2, -0.15) is 0 Å². The largest absolute Gasteiger partial charge is 0.304 e. The van der Waals surface area contributed by atoms with Crippen LogP contribution in [0.4, 0.5) is 0 Å². The van der Waals surface area contributed by atoms with E-state index in [9.17, 15) is 0 Å². The maximum atomic E-state index is 2.38. The fourth-order valence-electron chi connectivity index (χ4n) is 2.62. The minimum atomic E-state index is 0.207. The maximum Gasteiger partial charge on any atom is 0.0177 e. The van der Waals surface area contributed by atoms with Gasteiger partial charge in [-0.1, -0.05) is 51.1 Å². The Morgan fingerprint density at radius 3 is 1.94 bits per heavy atom. The molecule has 1 nitrogen and oxygen atoms in total. The molecule has 0 aliphatic carbocycles. The summed E-state index contributed by atoms with van der Waals surface area (Å²) >= 11 is 0. The molecule has 0 spiro atoms. The molecule has 1 aromatic carbocycles. The standard InChI is InChI=1S/C17H29N/c1-14(17(4,5)18(6)7)16(2,3)13-15-11-9-8-10-12-15/h8-12,14H,13H2,1-7H3. The van der Waals surface area contributed by atoms with E-state index in [1.807, 2.05) is 0 Å². The highest BCUT2D eigenvalue weighted by Crippen LogP contribution is 2.39. The zero-order valence-electron chi connectivity index (χ0n) is 13.1. The van der Waals surface area contributed by atoms with Gasteiger partial charge in [-0.05, 0) is 51.3 Å². The van der Waals surface area contributed by atoms with Crippen LogP contribution in [-0.2, 0) is 6.42 Å². The Morgan fingerprint density at radius 2 is 1.50 bits per heavy atom. The van der Waals surface area contributed by atoms with Crippen molar-refractivity contribution >= 4 is 0 Å². The van der Waals surface area contributed by atoms with Gasteiger partial charge < -0.3 is 4.90 Å². The van der Waals surface area contributed by atoms with Crippen LogP contribution < -0.4 is 0 Å². The summed E-state index contributed by atoms with van der Waals surface area (Å²) in [5.74, 6) is 0.611. The Morgan fingerprint density at radius 1 is 1.00 bits per heavy atom. The van der Waals surface area contributed by atoms with Crippen LogP contribution in [0.1, 0.15) is 40.2 Å². The molecule has 0 saturated heterocycles. The van der Waals surface area contributed by atoms with E-state index in [2.05, 4.69) is 83.9 Å². The molecule has 0 radical (unpaired) electrons. The first-order valence-corrected chi connectivity index (χ1v) is 6.89. The van der Waals surface area contributed by atoms with Gasteiger partial charge in [0.15, 0.2) is 0 Å². The smallest absolute Gasteiger partial charge is 0.0177 e. The van der Waals surface area contributed by atoms with Crippen LogP contribution in [0.25, 0.3) is 0 Å². The van der Waals surface area contributed by atoms with Crippen LogP contribution in [0.5, 0.6) is 0 Å². The van der Waals surface area contributed by atoms with Gasteiger partial charge in [0, 0.05) is 5.54 Å². The van der Waals surface area contributed by atoms with Gasteiger partial charge in [-0.15, -0.1) is 0 Å². The van der Waals surface area contributed by atoms with Crippen molar-refractivity contribution in [2.24, 2.45) is 11.3 Å². The average molecular weight is 247 g/mol. The SMILES string of the molecule is CC(C(C)(C)Cc1ccccc1)C(C)(C)N(C)C. The number of benzene rings is 1. The molecular formula is C17H29N. The van der Waals surface area contributed by atoms with Crippen LogP contribution in [0.3, 0.4) is 0 Å². The van der Waals surface area contributed by atoms with Crippen molar-refractivity contribution in [3.05, 3.63) is 35.9 Å².